The number of alkyl halides is 6. The Morgan fingerprint density at radius 1 is 0.741 bits per heavy atom. The van der Waals surface area contributed by atoms with Crippen LogP contribution in [0.2, 0.25) is 10.0 Å². The molecular weight excluding hydrogens is 811 g/mol. The molecule has 0 saturated carbocycles. The first-order valence-corrected chi connectivity index (χ1v) is 19.9. The molecule has 1 N–H and O–H groups in total. The Morgan fingerprint density at radius 2 is 1.38 bits per heavy atom. The van der Waals surface area contributed by atoms with Gasteiger partial charge in [0.25, 0.3) is 5.91 Å². The monoisotopic (exact) mass is 855 g/mol. The zero-order valence-corrected chi connectivity index (χ0v) is 33.4. The highest BCUT2D eigenvalue weighted by molar-refractivity contribution is 6.42. The summed E-state index contributed by atoms with van der Waals surface area (Å²) >= 11 is 12.7. The van der Waals surface area contributed by atoms with Crippen LogP contribution < -0.4 is 5.43 Å². The highest BCUT2D eigenvalue weighted by Gasteiger charge is 2.46. The molecule has 314 valence electrons. The topological polar surface area (TPSA) is 85.4 Å². The van der Waals surface area contributed by atoms with E-state index in [4.69, 9.17) is 27.9 Å². The van der Waals surface area contributed by atoms with Gasteiger partial charge in [0.05, 0.1) is 39.7 Å². The van der Waals surface area contributed by atoms with E-state index in [1.807, 2.05) is 40.2 Å². The standard InChI is InChI=1S/C41H45Cl2F6N5O4/c1-2-58-35(55)26-52-18-20-54(21-19-52)50-37(57)39(29-6-4-3-5-7-29)12-15-51(16-13-39)14-10-38(30-8-9-33(42)34(43)25-30)11-17-53(27-38)36(56)28-22-31(40(44,45)46)24-32(23-28)41(47,48)49/h3-9,22-25H,2,10-21,26-27H2,1H3,(H,50,57). The van der Waals surface area contributed by atoms with E-state index < -0.39 is 45.8 Å². The summed E-state index contributed by atoms with van der Waals surface area (Å²) in [7, 11) is 0. The summed E-state index contributed by atoms with van der Waals surface area (Å²) in [5.41, 5.74) is -0.584. The van der Waals surface area contributed by atoms with Crippen LogP contribution in [0.5, 0.6) is 0 Å². The number of ether oxygens (including phenoxy) is 1. The maximum Gasteiger partial charge on any atom is 0.416 e. The fourth-order valence-corrected chi connectivity index (χ4v) is 8.61. The minimum absolute atomic E-state index is 0.00618. The third-order valence-electron chi connectivity index (χ3n) is 11.7. The maximum atomic E-state index is 14.2. The van der Waals surface area contributed by atoms with Crippen LogP contribution in [0.1, 0.15) is 65.2 Å². The SMILES string of the molecule is CCOC(=O)CN1CCN(NC(=O)C2(c3ccccc3)CCN(CCC3(c4ccc(Cl)c(Cl)c4)CCN(C(=O)c4cc(C(F)(F)F)cc(C(F)(F)F)c4)C3)CC2)CC1. The number of amides is 2. The molecule has 1 atom stereocenters. The number of hydrogen-bond donors (Lipinski definition) is 1. The van der Waals surface area contributed by atoms with Crippen LogP contribution in [-0.2, 0) is 37.5 Å². The Bertz CT molecular complexity index is 1920. The molecule has 0 bridgehead atoms. The van der Waals surface area contributed by atoms with Crippen molar-refractivity contribution in [3.63, 3.8) is 0 Å². The molecule has 2 amide bonds. The lowest BCUT2D eigenvalue weighted by Crippen LogP contribution is -2.59. The molecule has 0 aliphatic carbocycles. The first-order chi connectivity index (χ1) is 27.4. The van der Waals surface area contributed by atoms with Crippen LogP contribution in [0.25, 0.3) is 0 Å². The lowest BCUT2D eigenvalue weighted by Gasteiger charge is -2.43. The number of carbonyl (C=O) groups is 3. The van der Waals surface area contributed by atoms with Gasteiger partial charge in [0.1, 0.15) is 0 Å². The van der Waals surface area contributed by atoms with Crippen LogP contribution in [-0.4, -0.2) is 110 Å². The number of piperazine rings is 1. The third-order valence-corrected chi connectivity index (χ3v) is 12.4. The normalized spacial score (nSPS) is 20.9. The highest BCUT2D eigenvalue weighted by atomic mass is 35.5. The number of hydrazine groups is 1. The van der Waals surface area contributed by atoms with E-state index in [1.54, 1.807) is 25.1 Å². The van der Waals surface area contributed by atoms with Gasteiger partial charge in [0.2, 0.25) is 5.91 Å². The van der Waals surface area contributed by atoms with E-state index in [2.05, 4.69) is 10.3 Å². The molecule has 1 unspecified atom stereocenters. The molecule has 58 heavy (non-hydrogen) atoms. The summed E-state index contributed by atoms with van der Waals surface area (Å²) in [5, 5.41) is 2.46. The number of nitrogens with zero attached hydrogens (tertiary/aromatic N) is 4. The molecule has 6 rings (SSSR count). The van der Waals surface area contributed by atoms with E-state index in [0.29, 0.717) is 95.3 Å². The van der Waals surface area contributed by atoms with E-state index >= 15 is 0 Å². The summed E-state index contributed by atoms with van der Waals surface area (Å²) in [6.07, 6.45) is -8.33. The molecule has 3 aliphatic rings. The molecule has 3 heterocycles. The van der Waals surface area contributed by atoms with Crippen molar-refractivity contribution in [3.05, 3.63) is 105 Å². The van der Waals surface area contributed by atoms with Gasteiger partial charge in [-0.3, -0.25) is 24.7 Å². The second-order valence-corrected chi connectivity index (χ2v) is 16.0. The van der Waals surface area contributed by atoms with Gasteiger partial charge in [-0.2, -0.15) is 26.3 Å². The quantitative estimate of drug-likeness (QED) is 0.159. The lowest BCUT2D eigenvalue weighted by atomic mass is 9.71. The number of rotatable bonds is 11. The fourth-order valence-electron chi connectivity index (χ4n) is 8.31. The first kappa shape index (κ1) is 43.7. The van der Waals surface area contributed by atoms with Gasteiger partial charge >= 0.3 is 18.3 Å². The Balaban J connectivity index is 1.16. The Hall–Kier alpha value is -3.89. The van der Waals surface area contributed by atoms with Gasteiger partial charge in [0, 0.05) is 50.2 Å². The van der Waals surface area contributed by atoms with Crippen molar-refractivity contribution in [2.75, 3.05) is 72.1 Å². The second kappa shape index (κ2) is 17.8. The van der Waals surface area contributed by atoms with E-state index in [1.165, 1.54) is 4.90 Å². The summed E-state index contributed by atoms with van der Waals surface area (Å²) in [6, 6.07) is 15.7. The van der Waals surface area contributed by atoms with Gasteiger partial charge in [-0.1, -0.05) is 59.6 Å². The molecule has 9 nitrogen and oxygen atoms in total. The number of likely N-dealkylation sites (tertiary alicyclic amines) is 2. The summed E-state index contributed by atoms with van der Waals surface area (Å²) in [5.74, 6) is -1.33. The zero-order chi connectivity index (χ0) is 41.9. The third kappa shape index (κ3) is 9.93. The number of carbonyl (C=O) groups excluding carboxylic acids is 3. The Kier molecular flexibility index (Phi) is 13.4. The molecule has 3 aromatic rings. The van der Waals surface area contributed by atoms with Gasteiger partial charge in [-0.05, 0) is 93.7 Å². The molecule has 3 aromatic carbocycles. The number of hydrogen-bond acceptors (Lipinski definition) is 7. The smallest absolute Gasteiger partial charge is 0.416 e. The molecule has 0 radical (unpaired) electrons. The van der Waals surface area contributed by atoms with Gasteiger partial charge in [-0.15, -0.1) is 0 Å². The van der Waals surface area contributed by atoms with E-state index in [0.717, 1.165) is 11.1 Å². The Labute approximate surface area is 343 Å². The highest BCUT2D eigenvalue weighted by Crippen LogP contribution is 2.43. The van der Waals surface area contributed by atoms with Crippen molar-refractivity contribution >= 4 is 41.0 Å². The van der Waals surface area contributed by atoms with Gasteiger partial charge in [0.15, 0.2) is 0 Å². The van der Waals surface area contributed by atoms with Crippen molar-refractivity contribution in [2.45, 2.75) is 55.8 Å². The predicted molar refractivity (Wildman–Crippen MR) is 206 cm³/mol. The second-order valence-electron chi connectivity index (χ2n) is 15.2. The largest absolute Gasteiger partial charge is 0.465 e. The number of piperidine rings is 1. The van der Waals surface area contributed by atoms with Gasteiger partial charge in [-0.25, -0.2) is 5.01 Å². The summed E-state index contributed by atoms with van der Waals surface area (Å²) in [4.78, 5) is 45.4. The molecular formula is C41H45Cl2F6N5O4. The maximum absolute atomic E-state index is 14.2. The van der Waals surface area contributed by atoms with E-state index in [-0.39, 0.29) is 42.6 Å². The minimum Gasteiger partial charge on any atom is -0.465 e. The molecule has 3 saturated heterocycles. The minimum atomic E-state index is -5.10. The molecule has 0 spiro atoms. The average molecular weight is 857 g/mol. The average Bonchev–Trinajstić information content (AvgIpc) is 3.64. The van der Waals surface area contributed by atoms with Crippen LogP contribution in [0.15, 0.2) is 66.7 Å². The first-order valence-electron chi connectivity index (χ1n) is 19.2. The number of esters is 1. The zero-order valence-electron chi connectivity index (χ0n) is 31.9. The fraction of sp³-hybridized carbons (Fsp3) is 0.488. The molecule has 3 aliphatic heterocycles. The summed E-state index contributed by atoms with van der Waals surface area (Å²) < 4.78 is 87.1. The predicted octanol–water partition coefficient (Wildman–Crippen LogP) is 7.45. The van der Waals surface area contributed by atoms with Crippen molar-refractivity contribution in [3.8, 4) is 0 Å². The van der Waals surface area contributed by atoms with Crippen LogP contribution >= 0.6 is 23.2 Å². The Morgan fingerprint density at radius 3 is 1.97 bits per heavy atom. The molecule has 3 fully saturated rings. The molecule has 0 aromatic heterocycles. The molecule has 17 heteroatoms. The number of nitrogens with one attached hydrogen (secondary N) is 1. The summed E-state index contributed by atoms with van der Waals surface area (Å²) in [6.45, 7) is 6.27. The van der Waals surface area contributed by atoms with E-state index in [9.17, 15) is 40.7 Å². The van der Waals surface area contributed by atoms with Crippen molar-refractivity contribution in [1.82, 2.24) is 25.1 Å². The van der Waals surface area contributed by atoms with Crippen LogP contribution in [0.4, 0.5) is 26.3 Å². The van der Waals surface area contributed by atoms with Crippen molar-refractivity contribution in [1.29, 1.82) is 0 Å². The van der Waals surface area contributed by atoms with Crippen LogP contribution in [0.3, 0.4) is 0 Å². The van der Waals surface area contributed by atoms with Gasteiger partial charge < -0.3 is 14.5 Å². The van der Waals surface area contributed by atoms with Crippen LogP contribution in [0, 0.1) is 0 Å². The number of benzene rings is 3. The van der Waals surface area contributed by atoms with Crippen molar-refractivity contribution in [2.24, 2.45) is 0 Å². The lowest BCUT2D eigenvalue weighted by molar-refractivity contribution is -0.146. The number of halogens is 8. The van der Waals surface area contributed by atoms with Crippen molar-refractivity contribution < 1.29 is 45.5 Å².